The molecule has 0 N–H and O–H groups in total. The van der Waals surface area contributed by atoms with E-state index in [1.54, 1.807) is 0 Å². The first-order chi connectivity index (χ1) is 8.83. The number of rotatable bonds is 9. The van der Waals surface area contributed by atoms with E-state index in [0.29, 0.717) is 0 Å². The van der Waals surface area contributed by atoms with E-state index in [-0.39, 0.29) is 0 Å². The molecule has 1 rings (SSSR count). The normalized spacial score (nSPS) is 20.5. The summed E-state index contributed by atoms with van der Waals surface area (Å²) >= 11 is 0. The second-order valence-corrected chi connectivity index (χ2v) is 6.07. The van der Waals surface area contributed by atoms with Crippen molar-refractivity contribution in [1.29, 1.82) is 0 Å². The van der Waals surface area contributed by atoms with Crippen LogP contribution in [0.5, 0.6) is 0 Å². The maximum atomic E-state index is 2.33. The highest BCUT2D eigenvalue weighted by Crippen LogP contribution is 2.38. The first kappa shape index (κ1) is 15.8. The molecular formula is C18H34. The molecule has 18 heavy (non-hydrogen) atoms. The molecule has 0 heteroatoms. The maximum absolute atomic E-state index is 2.33. The van der Waals surface area contributed by atoms with E-state index < -0.39 is 0 Å². The summed E-state index contributed by atoms with van der Waals surface area (Å²) in [4.78, 5) is 0. The second-order valence-electron chi connectivity index (χ2n) is 6.07. The zero-order valence-electron chi connectivity index (χ0n) is 13.1. The minimum absolute atomic E-state index is 0.956. The van der Waals surface area contributed by atoms with Crippen LogP contribution < -0.4 is 0 Å². The molecule has 0 saturated heterocycles. The van der Waals surface area contributed by atoms with Crippen molar-refractivity contribution < 1.29 is 0 Å². The van der Waals surface area contributed by atoms with Crippen molar-refractivity contribution in [2.75, 3.05) is 0 Å². The molecule has 0 radical (unpaired) electrons. The van der Waals surface area contributed by atoms with E-state index in [2.05, 4.69) is 20.8 Å². The Balaban J connectivity index is 2.68. The molecule has 0 nitrogen and oxygen atoms in total. The summed E-state index contributed by atoms with van der Waals surface area (Å²) in [5, 5.41) is 0. The fraction of sp³-hybridized carbons (Fsp3) is 0.889. The van der Waals surface area contributed by atoms with Gasteiger partial charge in [-0.1, -0.05) is 57.6 Å². The van der Waals surface area contributed by atoms with Gasteiger partial charge in [0.1, 0.15) is 0 Å². The molecule has 0 aromatic carbocycles. The number of hydrogen-bond donors (Lipinski definition) is 0. The summed E-state index contributed by atoms with van der Waals surface area (Å²) in [6.45, 7) is 6.98. The Labute approximate surface area is 115 Å². The van der Waals surface area contributed by atoms with Gasteiger partial charge in [-0.25, -0.2) is 0 Å². The van der Waals surface area contributed by atoms with Crippen molar-refractivity contribution in [2.45, 2.75) is 97.8 Å². The molecule has 0 bridgehead atoms. The van der Waals surface area contributed by atoms with Gasteiger partial charge in [0.2, 0.25) is 0 Å². The predicted molar refractivity (Wildman–Crippen MR) is 82.9 cm³/mol. The molecule has 0 heterocycles. The van der Waals surface area contributed by atoms with Crippen molar-refractivity contribution in [1.82, 2.24) is 0 Å². The lowest BCUT2D eigenvalue weighted by Crippen LogP contribution is -2.13. The van der Waals surface area contributed by atoms with Gasteiger partial charge >= 0.3 is 0 Å². The van der Waals surface area contributed by atoms with Crippen molar-refractivity contribution in [3.8, 4) is 0 Å². The predicted octanol–water partition coefficient (Wildman–Crippen LogP) is 6.65. The van der Waals surface area contributed by atoms with E-state index in [1.165, 1.54) is 77.0 Å². The van der Waals surface area contributed by atoms with Crippen LogP contribution in [0.2, 0.25) is 0 Å². The number of unbranched alkanes of at least 4 members (excludes halogenated alkanes) is 3. The minimum atomic E-state index is 0.956. The Kier molecular flexibility index (Phi) is 8.46. The first-order valence-electron chi connectivity index (χ1n) is 8.54. The fourth-order valence-electron chi connectivity index (χ4n) is 3.38. The molecule has 1 unspecified atom stereocenters. The highest BCUT2D eigenvalue weighted by Gasteiger charge is 2.21. The Bertz CT molecular complexity index is 236. The topological polar surface area (TPSA) is 0 Å². The number of hydrogen-bond acceptors (Lipinski definition) is 0. The largest absolute Gasteiger partial charge is 0.0707 e. The number of allylic oxidation sites excluding steroid dienone is 2. The molecule has 1 atom stereocenters. The van der Waals surface area contributed by atoms with Crippen LogP contribution in [0, 0.1) is 5.92 Å². The zero-order chi connectivity index (χ0) is 13.2. The zero-order valence-corrected chi connectivity index (χ0v) is 13.1. The van der Waals surface area contributed by atoms with Gasteiger partial charge in [0.05, 0.1) is 0 Å². The van der Waals surface area contributed by atoms with E-state index in [9.17, 15) is 0 Å². The SMILES string of the molecule is CCCCC1=C(CCCC)C(CCCC)CCC1. The molecular weight excluding hydrogens is 216 g/mol. The fourth-order valence-corrected chi connectivity index (χ4v) is 3.38. The molecule has 0 aliphatic heterocycles. The maximum Gasteiger partial charge on any atom is -0.0200 e. The van der Waals surface area contributed by atoms with Gasteiger partial charge in [-0.05, 0) is 57.3 Å². The van der Waals surface area contributed by atoms with Crippen molar-refractivity contribution >= 4 is 0 Å². The molecule has 0 spiro atoms. The van der Waals surface area contributed by atoms with Crippen LogP contribution >= 0.6 is 0 Å². The van der Waals surface area contributed by atoms with Crippen LogP contribution in [0.3, 0.4) is 0 Å². The van der Waals surface area contributed by atoms with Crippen molar-refractivity contribution in [2.24, 2.45) is 5.92 Å². The van der Waals surface area contributed by atoms with Gasteiger partial charge < -0.3 is 0 Å². The highest BCUT2D eigenvalue weighted by atomic mass is 14.3. The Morgan fingerprint density at radius 2 is 1.56 bits per heavy atom. The third kappa shape index (κ3) is 5.16. The van der Waals surface area contributed by atoms with Gasteiger partial charge in [0.15, 0.2) is 0 Å². The van der Waals surface area contributed by atoms with Gasteiger partial charge in [0, 0.05) is 0 Å². The van der Waals surface area contributed by atoms with Crippen LogP contribution in [0.15, 0.2) is 11.1 Å². The standard InChI is InChI=1S/C18H34/c1-4-7-11-16-13-10-14-17(12-8-5-2)18(16)15-9-6-3/h16H,4-15H2,1-3H3. The van der Waals surface area contributed by atoms with Crippen molar-refractivity contribution in [3.05, 3.63) is 11.1 Å². The average Bonchev–Trinajstić information content (AvgIpc) is 2.41. The Morgan fingerprint density at radius 3 is 2.22 bits per heavy atom. The summed E-state index contributed by atoms with van der Waals surface area (Å²) in [6.07, 6.45) is 16.9. The minimum Gasteiger partial charge on any atom is -0.0707 e. The molecule has 0 saturated carbocycles. The van der Waals surface area contributed by atoms with E-state index >= 15 is 0 Å². The van der Waals surface area contributed by atoms with Gasteiger partial charge in [-0.3, -0.25) is 0 Å². The molecule has 0 aromatic heterocycles. The third-order valence-corrected chi connectivity index (χ3v) is 4.52. The molecule has 106 valence electrons. The summed E-state index contributed by atoms with van der Waals surface area (Å²) < 4.78 is 0. The average molecular weight is 250 g/mol. The van der Waals surface area contributed by atoms with E-state index in [1.807, 2.05) is 11.1 Å². The summed E-state index contributed by atoms with van der Waals surface area (Å²) in [7, 11) is 0. The molecule has 0 amide bonds. The summed E-state index contributed by atoms with van der Waals surface area (Å²) in [6, 6.07) is 0. The van der Waals surface area contributed by atoms with Crippen LogP contribution in [-0.4, -0.2) is 0 Å². The van der Waals surface area contributed by atoms with Crippen LogP contribution in [-0.2, 0) is 0 Å². The van der Waals surface area contributed by atoms with Crippen LogP contribution in [0.1, 0.15) is 97.8 Å². The third-order valence-electron chi connectivity index (χ3n) is 4.52. The second kappa shape index (κ2) is 9.64. The smallest absolute Gasteiger partial charge is 0.0200 e. The first-order valence-corrected chi connectivity index (χ1v) is 8.54. The van der Waals surface area contributed by atoms with Gasteiger partial charge in [0.25, 0.3) is 0 Å². The monoisotopic (exact) mass is 250 g/mol. The lowest BCUT2D eigenvalue weighted by Gasteiger charge is -2.29. The molecule has 1 aliphatic carbocycles. The Hall–Kier alpha value is -0.260. The Morgan fingerprint density at radius 1 is 0.889 bits per heavy atom. The quantitative estimate of drug-likeness (QED) is 0.402. The van der Waals surface area contributed by atoms with Gasteiger partial charge in [-0.2, -0.15) is 0 Å². The lowest BCUT2D eigenvalue weighted by molar-refractivity contribution is 0.427. The highest BCUT2D eigenvalue weighted by molar-refractivity contribution is 5.20. The van der Waals surface area contributed by atoms with E-state index in [4.69, 9.17) is 0 Å². The summed E-state index contributed by atoms with van der Waals surface area (Å²) in [5.41, 5.74) is 3.78. The molecule has 0 fully saturated rings. The van der Waals surface area contributed by atoms with Crippen molar-refractivity contribution in [3.63, 3.8) is 0 Å². The molecule has 0 aromatic rings. The molecule has 1 aliphatic rings. The van der Waals surface area contributed by atoms with Crippen LogP contribution in [0.25, 0.3) is 0 Å². The van der Waals surface area contributed by atoms with Gasteiger partial charge in [-0.15, -0.1) is 0 Å². The van der Waals surface area contributed by atoms with E-state index in [0.717, 1.165) is 5.92 Å². The van der Waals surface area contributed by atoms with Crippen LogP contribution in [0.4, 0.5) is 0 Å². The summed E-state index contributed by atoms with van der Waals surface area (Å²) in [5.74, 6) is 0.956. The lowest BCUT2D eigenvalue weighted by atomic mass is 9.77.